The SMILES string of the molecule is O=C(CNC(=O)c1nc(Br)c2cc(Oc3ccccc3)ccc2c1O)OCc1ccccc1. The second-order valence-electron chi connectivity index (χ2n) is 7.05. The molecule has 0 fully saturated rings. The number of amides is 1. The van der Waals surface area contributed by atoms with Gasteiger partial charge in [0.25, 0.3) is 5.91 Å². The van der Waals surface area contributed by atoms with E-state index in [0.29, 0.717) is 26.9 Å². The van der Waals surface area contributed by atoms with Crippen molar-refractivity contribution >= 4 is 38.6 Å². The Balaban J connectivity index is 1.44. The van der Waals surface area contributed by atoms with Crippen molar-refractivity contribution in [3.63, 3.8) is 0 Å². The van der Waals surface area contributed by atoms with Crippen LogP contribution in [-0.2, 0) is 16.1 Å². The summed E-state index contributed by atoms with van der Waals surface area (Å²) in [4.78, 5) is 28.7. The molecule has 0 aliphatic carbocycles. The van der Waals surface area contributed by atoms with Crippen molar-refractivity contribution in [1.82, 2.24) is 10.3 Å². The predicted octanol–water partition coefficient (Wildman–Crippen LogP) is 4.97. The molecule has 4 aromatic rings. The zero-order chi connectivity index (χ0) is 23.2. The number of halogens is 1. The lowest BCUT2D eigenvalue weighted by Gasteiger charge is -2.12. The lowest BCUT2D eigenvalue weighted by atomic mass is 10.1. The molecule has 1 aromatic heterocycles. The molecule has 1 heterocycles. The van der Waals surface area contributed by atoms with Gasteiger partial charge in [-0.25, -0.2) is 4.98 Å². The highest BCUT2D eigenvalue weighted by atomic mass is 79.9. The fourth-order valence-corrected chi connectivity index (χ4v) is 3.62. The van der Waals surface area contributed by atoms with Crippen molar-refractivity contribution < 1.29 is 24.2 Å². The molecule has 0 unspecified atom stereocenters. The number of para-hydroxylation sites is 1. The first kappa shape index (κ1) is 22.3. The highest BCUT2D eigenvalue weighted by Crippen LogP contribution is 2.35. The number of hydrogen-bond donors (Lipinski definition) is 2. The average molecular weight is 507 g/mol. The predicted molar refractivity (Wildman–Crippen MR) is 126 cm³/mol. The molecule has 0 bridgehead atoms. The van der Waals surface area contributed by atoms with Crippen molar-refractivity contribution in [2.75, 3.05) is 6.54 Å². The molecule has 0 atom stereocenters. The number of benzene rings is 3. The molecule has 0 aliphatic rings. The van der Waals surface area contributed by atoms with Gasteiger partial charge in [-0.05, 0) is 51.8 Å². The third-order valence-electron chi connectivity index (χ3n) is 4.73. The van der Waals surface area contributed by atoms with Crippen LogP contribution in [0.2, 0.25) is 0 Å². The molecule has 4 rings (SSSR count). The van der Waals surface area contributed by atoms with E-state index < -0.39 is 11.9 Å². The first-order valence-electron chi connectivity index (χ1n) is 10.0. The standard InChI is InChI=1S/C25H19BrN2O5/c26-24-20-13-18(33-17-9-5-2-6-10-17)11-12-19(20)23(30)22(28-24)25(31)27-14-21(29)32-15-16-7-3-1-4-8-16/h1-13,30H,14-15H2,(H,27,31). The van der Waals surface area contributed by atoms with Crippen LogP contribution in [0, 0.1) is 0 Å². The highest BCUT2D eigenvalue weighted by molar-refractivity contribution is 9.10. The molecule has 0 radical (unpaired) electrons. The number of pyridine rings is 1. The summed E-state index contributed by atoms with van der Waals surface area (Å²) in [5, 5.41) is 14.1. The van der Waals surface area contributed by atoms with Crippen molar-refractivity contribution in [3.8, 4) is 17.2 Å². The number of rotatable bonds is 7. The van der Waals surface area contributed by atoms with E-state index >= 15 is 0 Å². The Kier molecular flexibility index (Phi) is 6.85. The first-order chi connectivity index (χ1) is 16.0. The number of esters is 1. The summed E-state index contributed by atoms with van der Waals surface area (Å²) in [6.07, 6.45) is 0. The van der Waals surface area contributed by atoms with E-state index in [0.717, 1.165) is 5.56 Å². The Morgan fingerprint density at radius 3 is 2.33 bits per heavy atom. The number of hydrogen-bond acceptors (Lipinski definition) is 6. The van der Waals surface area contributed by atoms with E-state index in [1.807, 2.05) is 60.7 Å². The molecule has 0 saturated carbocycles. The minimum absolute atomic E-state index is 0.105. The molecule has 7 nitrogen and oxygen atoms in total. The summed E-state index contributed by atoms with van der Waals surface area (Å²) >= 11 is 3.35. The van der Waals surface area contributed by atoms with Crippen LogP contribution in [0.15, 0.2) is 83.5 Å². The summed E-state index contributed by atoms with van der Waals surface area (Å²) in [5.74, 6) is -0.380. The van der Waals surface area contributed by atoms with Gasteiger partial charge in [0.1, 0.15) is 29.3 Å². The van der Waals surface area contributed by atoms with E-state index in [-0.39, 0.29) is 24.6 Å². The number of nitrogens with zero attached hydrogens (tertiary/aromatic N) is 1. The molecular weight excluding hydrogens is 488 g/mol. The topological polar surface area (TPSA) is 97.8 Å². The van der Waals surface area contributed by atoms with Crippen molar-refractivity contribution in [3.05, 3.63) is 94.7 Å². The van der Waals surface area contributed by atoms with Gasteiger partial charge in [-0.3, -0.25) is 9.59 Å². The van der Waals surface area contributed by atoms with E-state index in [2.05, 4.69) is 26.2 Å². The van der Waals surface area contributed by atoms with E-state index in [4.69, 9.17) is 9.47 Å². The Morgan fingerprint density at radius 1 is 0.909 bits per heavy atom. The Hall–Kier alpha value is -3.91. The van der Waals surface area contributed by atoms with Crippen LogP contribution >= 0.6 is 15.9 Å². The number of carbonyl (C=O) groups excluding carboxylic acids is 2. The molecule has 2 N–H and O–H groups in total. The van der Waals surface area contributed by atoms with Crippen molar-refractivity contribution in [2.24, 2.45) is 0 Å². The Bertz CT molecular complexity index is 1300. The fraction of sp³-hybridized carbons (Fsp3) is 0.0800. The maximum absolute atomic E-state index is 12.6. The maximum atomic E-state index is 12.6. The van der Waals surface area contributed by atoms with Gasteiger partial charge in [0, 0.05) is 10.8 Å². The maximum Gasteiger partial charge on any atom is 0.325 e. The largest absolute Gasteiger partial charge is 0.505 e. The molecule has 0 saturated heterocycles. The summed E-state index contributed by atoms with van der Waals surface area (Å²) in [6, 6.07) is 23.5. The van der Waals surface area contributed by atoms with E-state index in [9.17, 15) is 14.7 Å². The van der Waals surface area contributed by atoms with Crippen LogP contribution < -0.4 is 10.1 Å². The zero-order valence-electron chi connectivity index (χ0n) is 17.3. The molecule has 1 amide bonds. The third kappa shape index (κ3) is 5.48. The molecule has 0 spiro atoms. The van der Waals surface area contributed by atoms with Crippen molar-refractivity contribution in [2.45, 2.75) is 6.61 Å². The second-order valence-corrected chi connectivity index (χ2v) is 7.80. The molecule has 3 aromatic carbocycles. The lowest BCUT2D eigenvalue weighted by Crippen LogP contribution is -2.31. The van der Waals surface area contributed by atoms with Crippen LogP contribution in [-0.4, -0.2) is 28.5 Å². The number of nitrogens with one attached hydrogen (secondary N) is 1. The normalized spacial score (nSPS) is 10.6. The van der Waals surface area contributed by atoms with Gasteiger partial charge < -0.3 is 19.9 Å². The Labute approximate surface area is 198 Å². The second kappa shape index (κ2) is 10.1. The van der Waals surface area contributed by atoms with Crippen LogP contribution in [0.4, 0.5) is 0 Å². The molecular formula is C25H19BrN2O5. The number of aromatic hydroxyl groups is 1. The summed E-state index contributed by atoms with van der Waals surface area (Å²) in [6.45, 7) is -0.250. The molecule has 166 valence electrons. The smallest absolute Gasteiger partial charge is 0.325 e. The quantitative estimate of drug-likeness (QED) is 0.271. The summed E-state index contributed by atoms with van der Waals surface area (Å²) < 4.78 is 11.3. The number of carbonyl (C=O) groups is 2. The lowest BCUT2D eigenvalue weighted by molar-refractivity contribution is -0.143. The zero-order valence-corrected chi connectivity index (χ0v) is 18.9. The van der Waals surface area contributed by atoms with Gasteiger partial charge in [0.05, 0.1) is 0 Å². The van der Waals surface area contributed by atoms with Crippen LogP contribution in [0.3, 0.4) is 0 Å². The van der Waals surface area contributed by atoms with Gasteiger partial charge in [0.2, 0.25) is 0 Å². The monoisotopic (exact) mass is 506 g/mol. The number of aromatic nitrogens is 1. The van der Waals surface area contributed by atoms with Gasteiger partial charge in [-0.2, -0.15) is 0 Å². The minimum Gasteiger partial charge on any atom is -0.505 e. The minimum atomic E-state index is -0.698. The van der Waals surface area contributed by atoms with Gasteiger partial charge >= 0.3 is 5.97 Å². The molecule has 0 aliphatic heterocycles. The Morgan fingerprint density at radius 2 is 1.61 bits per heavy atom. The van der Waals surface area contributed by atoms with Crippen LogP contribution in [0.25, 0.3) is 10.8 Å². The van der Waals surface area contributed by atoms with Crippen LogP contribution in [0.1, 0.15) is 16.1 Å². The van der Waals surface area contributed by atoms with Crippen molar-refractivity contribution in [1.29, 1.82) is 0 Å². The van der Waals surface area contributed by atoms with E-state index in [1.54, 1.807) is 18.2 Å². The third-order valence-corrected chi connectivity index (χ3v) is 5.34. The van der Waals surface area contributed by atoms with Crippen LogP contribution in [0.5, 0.6) is 17.2 Å². The van der Waals surface area contributed by atoms with Gasteiger partial charge in [-0.15, -0.1) is 0 Å². The van der Waals surface area contributed by atoms with E-state index in [1.165, 1.54) is 0 Å². The average Bonchev–Trinajstić information content (AvgIpc) is 2.84. The number of fused-ring (bicyclic) bond motifs is 1. The molecule has 8 heteroatoms. The summed E-state index contributed by atoms with van der Waals surface area (Å²) in [7, 11) is 0. The first-order valence-corrected chi connectivity index (χ1v) is 10.8. The number of ether oxygens (including phenoxy) is 2. The summed E-state index contributed by atoms with van der Waals surface area (Å²) in [5.41, 5.74) is 0.632. The van der Waals surface area contributed by atoms with Gasteiger partial charge in [0.15, 0.2) is 11.4 Å². The highest BCUT2D eigenvalue weighted by Gasteiger charge is 2.20. The fourth-order valence-electron chi connectivity index (χ4n) is 3.11. The molecule has 33 heavy (non-hydrogen) atoms. The van der Waals surface area contributed by atoms with Gasteiger partial charge in [-0.1, -0.05) is 48.5 Å².